The molecule has 0 radical (unpaired) electrons. The molecule has 0 aliphatic heterocycles. The fourth-order valence-electron chi connectivity index (χ4n) is 1.96. The summed E-state index contributed by atoms with van der Waals surface area (Å²) in [6.07, 6.45) is 4.11. The average molecular weight is 229 g/mol. The number of para-hydroxylation sites is 1. The smallest absolute Gasteiger partial charge is 0.0521 e. The van der Waals surface area contributed by atoms with E-state index in [1.54, 1.807) is 0 Å². The van der Waals surface area contributed by atoms with Crippen LogP contribution in [0.2, 0.25) is 0 Å². The number of aromatic nitrogens is 1. The monoisotopic (exact) mass is 229 g/mol. The Bertz CT molecular complexity index is 572. The van der Waals surface area contributed by atoms with Crippen LogP contribution in [0.5, 0.6) is 0 Å². The van der Waals surface area contributed by atoms with Crippen molar-refractivity contribution in [1.82, 2.24) is 4.34 Å². The molecule has 0 amide bonds. The van der Waals surface area contributed by atoms with E-state index in [1.165, 1.54) is 22.0 Å². The third-order valence-corrected chi connectivity index (χ3v) is 3.17. The van der Waals surface area contributed by atoms with Gasteiger partial charge in [-0.1, -0.05) is 36.4 Å². The third-order valence-electron chi connectivity index (χ3n) is 2.62. The molecule has 16 heavy (non-hydrogen) atoms. The highest BCUT2D eigenvalue weighted by Crippen LogP contribution is 2.30. The number of rotatable bonds is 2. The van der Waals surface area contributed by atoms with Gasteiger partial charge in [0.05, 0.1) is 11.2 Å². The van der Waals surface area contributed by atoms with E-state index in [1.807, 2.05) is 6.08 Å². The second kappa shape index (κ2) is 4.27. The van der Waals surface area contributed by atoms with E-state index in [0.29, 0.717) is 0 Å². The van der Waals surface area contributed by atoms with E-state index < -0.39 is 0 Å². The first kappa shape index (κ1) is 11.2. The first-order chi connectivity index (χ1) is 7.65. The molecule has 1 nitrogen and oxygen atoms in total. The highest BCUT2D eigenvalue weighted by atomic mass is 31.0. The fraction of sp³-hybridized carbons (Fsp3) is 0.143. The van der Waals surface area contributed by atoms with Gasteiger partial charge in [0.15, 0.2) is 0 Å². The lowest BCUT2D eigenvalue weighted by atomic mass is 10.1. The fourth-order valence-corrected chi connectivity index (χ4v) is 2.43. The topological polar surface area (TPSA) is 4.93 Å². The van der Waals surface area contributed by atoms with Crippen LogP contribution >= 0.6 is 9.39 Å². The average Bonchev–Trinajstić information content (AvgIpc) is 2.52. The van der Waals surface area contributed by atoms with Crippen LogP contribution in [0.1, 0.15) is 25.1 Å². The molecule has 1 heterocycles. The second-order valence-electron chi connectivity index (χ2n) is 4.11. The second-order valence-corrected chi connectivity index (χ2v) is 4.63. The van der Waals surface area contributed by atoms with Crippen LogP contribution < -0.4 is 0 Å². The van der Waals surface area contributed by atoms with E-state index >= 15 is 0 Å². The molecule has 0 saturated heterocycles. The largest absolute Gasteiger partial charge is 0.325 e. The quantitative estimate of drug-likeness (QED) is 0.675. The summed E-state index contributed by atoms with van der Waals surface area (Å²) in [5.74, 6) is 0. The molecule has 1 atom stereocenters. The minimum absolute atomic E-state index is 1.15. The molecular formula is C14H16NP. The maximum absolute atomic E-state index is 3.89. The molecule has 0 aliphatic carbocycles. The van der Waals surface area contributed by atoms with Gasteiger partial charge in [0, 0.05) is 10.9 Å². The Balaban J connectivity index is 2.88. The van der Waals surface area contributed by atoms with Gasteiger partial charge in [-0.2, -0.15) is 0 Å². The molecule has 1 unspecified atom stereocenters. The molecular weight excluding hydrogens is 213 g/mol. The molecule has 1 aromatic heterocycles. The predicted molar refractivity (Wildman–Crippen MR) is 76.5 cm³/mol. The summed E-state index contributed by atoms with van der Waals surface area (Å²) >= 11 is 0. The third kappa shape index (κ3) is 1.72. The van der Waals surface area contributed by atoms with Crippen molar-refractivity contribution in [3.05, 3.63) is 47.7 Å². The van der Waals surface area contributed by atoms with E-state index in [9.17, 15) is 0 Å². The number of fused-ring (bicyclic) bond motifs is 1. The van der Waals surface area contributed by atoms with Crippen LogP contribution in [0, 0.1) is 0 Å². The summed E-state index contributed by atoms with van der Waals surface area (Å²) in [7, 11) is 2.74. The molecule has 82 valence electrons. The van der Waals surface area contributed by atoms with Crippen molar-refractivity contribution >= 4 is 32.4 Å². The van der Waals surface area contributed by atoms with Crippen LogP contribution in [0.25, 0.3) is 23.1 Å². The van der Waals surface area contributed by atoms with E-state index in [4.69, 9.17) is 0 Å². The molecule has 0 bridgehead atoms. The Morgan fingerprint density at radius 3 is 2.62 bits per heavy atom. The Hall–Kier alpha value is -1.33. The van der Waals surface area contributed by atoms with E-state index in [2.05, 4.69) is 64.5 Å². The Morgan fingerprint density at radius 1 is 1.31 bits per heavy atom. The molecule has 0 aliphatic rings. The first-order valence-electron chi connectivity index (χ1n) is 5.31. The van der Waals surface area contributed by atoms with Crippen molar-refractivity contribution in [2.45, 2.75) is 13.8 Å². The molecule has 0 spiro atoms. The van der Waals surface area contributed by atoms with Gasteiger partial charge in [0.1, 0.15) is 0 Å². The standard InChI is InChI=1S/C14H16NP/c1-4-13-12(9-10(2)3)11-7-5-6-8-14(11)15(13)16/h4-9H,1,16H2,2-3H3. The van der Waals surface area contributed by atoms with Crippen LogP contribution in [-0.4, -0.2) is 4.34 Å². The van der Waals surface area contributed by atoms with Crippen molar-refractivity contribution in [1.29, 1.82) is 0 Å². The van der Waals surface area contributed by atoms with Gasteiger partial charge in [-0.15, -0.1) is 0 Å². The molecule has 2 heteroatoms. The number of hydrogen-bond acceptors (Lipinski definition) is 0. The summed E-state index contributed by atoms with van der Waals surface area (Å²) in [6, 6.07) is 8.40. The molecule has 1 aromatic carbocycles. The zero-order chi connectivity index (χ0) is 11.7. The normalized spacial score (nSPS) is 10.4. The Kier molecular flexibility index (Phi) is 2.98. The van der Waals surface area contributed by atoms with Crippen molar-refractivity contribution in [3.63, 3.8) is 0 Å². The van der Waals surface area contributed by atoms with Crippen LogP contribution in [0.3, 0.4) is 0 Å². The minimum Gasteiger partial charge on any atom is -0.325 e. The van der Waals surface area contributed by atoms with Gasteiger partial charge in [-0.25, -0.2) is 0 Å². The summed E-state index contributed by atoms with van der Waals surface area (Å²) in [6.45, 7) is 8.12. The lowest BCUT2D eigenvalue weighted by Gasteiger charge is -1.99. The lowest BCUT2D eigenvalue weighted by Crippen LogP contribution is -1.82. The molecule has 0 saturated carbocycles. The van der Waals surface area contributed by atoms with Crippen molar-refractivity contribution in [2.24, 2.45) is 0 Å². The summed E-state index contributed by atoms with van der Waals surface area (Å²) in [4.78, 5) is 0. The van der Waals surface area contributed by atoms with E-state index in [0.717, 1.165) is 5.69 Å². The maximum atomic E-state index is 3.89. The van der Waals surface area contributed by atoms with E-state index in [-0.39, 0.29) is 0 Å². The maximum Gasteiger partial charge on any atom is 0.0521 e. The Morgan fingerprint density at radius 2 is 2.00 bits per heavy atom. The van der Waals surface area contributed by atoms with Crippen LogP contribution in [-0.2, 0) is 0 Å². The lowest BCUT2D eigenvalue weighted by molar-refractivity contribution is 1.31. The number of nitrogens with zero attached hydrogens (tertiary/aromatic N) is 1. The molecule has 2 rings (SSSR count). The molecule has 0 fully saturated rings. The van der Waals surface area contributed by atoms with Crippen molar-refractivity contribution < 1.29 is 0 Å². The number of hydrogen-bond donors (Lipinski definition) is 0. The van der Waals surface area contributed by atoms with Gasteiger partial charge in [0.2, 0.25) is 0 Å². The molecule has 2 aromatic rings. The van der Waals surface area contributed by atoms with Crippen LogP contribution in [0.4, 0.5) is 0 Å². The summed E-state index contributed by atoms with van der Waals surface area (Å²) in [5.41, 5.74) is 4.91. The van der Waals surface area contributed by atoms with Crippen LogP contribution in [0.15, 0.2) is 36.4 Å². The zero-order valence-corrected chi connectivity index (χ0v) is 10.9. The van der Waals surface area contributed by atoms with Gasteiger partial charge in [-0.3, -0.25) is 0 Å². The number of benzene rings is 1. The van der Waals surface area contributed by atoms with Gasteiger partial charge in [-0.05, 0) is 35.4 Å². The SMILES string of the molecule is C=Cc1c(C=C(C)C)c2ccccc2n1P. The van der Waals surface area contributed by atoms with Gasteiger partial charge < -0.3 is 4.34 Å². The highest BCUT2D eigenvalue weighted by Gasteiger charge is 2.09. The van der Waals surface area contributed by atoms with Gasteiger partial charge in [0.25, 0.3) is 0 Å². The Labute approximate surface area is 98.7 Å². The first-order valence-corrected chi connectivity index (χ1v) is 5.82. The zero-order valence-electron chi connectivity index (χ0n) is 9.70. The highest BCUT2D eigenvalue weighted by molar-refractivity contribution is 7.15. The summed E-state index contributed by atoms with van der Waals surface area (Å²) < 4.78 is 2.11. The van der Waals surface area contributed by atoms with Gasteiger partial charge >= 0.3 is 0 Å². The van der Waals surface area contributed by atoms with Crippen molar-refractivity contribution in [3.8, 4) is 0 Å². The minimum atomic E-state index is 1.15. The molecule has 0 N–H and O–H groups in total. The number of allylic oxidation sites excluding steroid dienone is 1. The summed E-state index contributed by atoms with van der Waals surface area (Å²) in [5, 5.41) is 1.27. The predicted octanol–water partition coefficient (Wildman–Crippen LogP) is 4.35. The van der Waals surface area contributed by atoms with Crippen molar-refractivity contribution in [2.75, 3.05) is 0 Å².